The van der Waals surface area contributed by atoms with Gasteiger partial charge in [-0.25, -0.2) is 4.39 Å². The second-order valence-corrected chi connectivity index (χ2v) is 4.75. The summed E-state index contributed by atoms with van der Waals surface area (Å²) in [5, 5.41) is 0. The third-order valence-electron chi connectivity index (χ3n) is 2.82. The standard InChI is InChI=1S/C15H19FO3/c1-4-19-15(18)14(10(2)3)13(17)9-11-6-5-7-12(16)8-11/h5-8,10,14H,4,9H2,1-3H3. The summed E-state index contributed by atoms with van der Waals surface area (Å²) in [7, 11) is 0. The predicted octanol–water partition coefficient (Wildman–Crippen LogP) is 2.77. The van der Waals surface area contributed by atoms with Crippen LogP contribution in [0.3, 0.4) is 0 Å². The number of carbonyl (C=O) groups is 2. The fourth-order valence-corrected chi connectivity index (χ4v) is 1.97. The first-order valence-electron chi connectivity index (χ1n) is 6.39. The van der Waals surface area contributed by atoms with E-state index in [-0.39, 0.29) is 30.5 Å². The number of Topliss-reactive ketones (excluding diaryl/α,β-unsaturated/α-hetero) is 1. The minimum absolute atomic E-state index is 0.0411. The topological polar surface area (TPSA) is 43.4 Å². The average molecular weight is 266 g/mol. The third-order valence-corrected chi connectivity index (χ3v) is 2.82. The summed E-state index contributed by atoms with van der Waals surface area (Å²) >= 11 is 0. The number of carbonyl (C=O) groups excluding carboxylic acids is 2. The molecule has 1 aromatic rings. The van der Waals surface area contributed by atoms with Crippen molar-refractivity contribution in [3.8, 4) is 0 Å². The second-order valence-electron chi connectivity index (χ2n) is 4.75. The Morgan fingerprint density at radius 1 is 1.32 bits per heavy atom. The maximum atomic E-state index is 13.1. The molecule has 1 atom stereocenters. The lowest BCUT2D eigenvalue weighted by Crippen LogP contribution is -2.31. The maximum Gasteiger partial charge on any atom is 0.316 e. The molecule has 0 aliphatic rings. The van der Waals surface area contributed by atoms with Gasteiger partial charge in [0.15, 0.2) is 5.78 Å². The largest absolute Gasteiger partial charge is 0.465 e. The van der Waals surface area contributed by atoms with Gasteiger partial charge in [-0.1, -0.05) is 26.0 Å². The fourth-order valence-electron chi connectivity index (χ4n) is 1.97. The predicted molar refractivity (Wildman–Crippen MR) is 70.1 cm³/mol. The molecule has 0 aliphatic heterocycles. The lowest BCUT2D eigenvalue weighted by Gasteiger charge is -2.17. The van der Waals surface area contributed by atoms with Gasteiger partial charge < -0.3 is 4.74 Å². The molecule has 0 aromatic heterocycles. The molecule has 104 valence electrons. The number of hydrogen-bond donors (Lipinski definition) is 0. The lowest BCUT2D eigenvalue weighted by molar-refractivity contribution is -0.153. The van der Waals surface area contributed by atoms with Gasteiger partial charge in [-0.2, -0.15) is 0 Å². The summed E-state index contributed by atoms with van der Waals surface area (Å²) in [6.07, 6.45) is 0.0411. The van der Waals surface area contributed by atoms with Crippen molar-refractivity contribution >= 4 is 11.8 Å². The molecule has 0 spiro atoms. The molecule has 0 radical (unpaired) electrons. The van der Waals surface area contributed by atoms with E-state index in [1.54, 1.807) is 32.9 Å². The van der Waals surface area contributed by atoms with Crippen LogP contribution >= 0.6 is 0 Å². The Labute approximate surface area is 112 Å². The van der Waals surface area contributed by atoms with E-state index in [4.69, 9.17) is 4.74 Å². The Hall–Kier alpha value is -1.71. The molecule has 19 heavy (non-hydrogen) atoms. The van der Waals surface area contributed by atoms with Crippen LogP contribution in [0.1, 0.15) is 26.3 Å². The average Bonchev–Trinajstić information content (AvgIpc) is 2.28. The highest BCUT2D eigenvalue weighted by atomic mass is 19.1. The van der Waals surface area contributed by atoms with Gasteiger partial charge in [0, 0.05) is 6.42 Å². The smallest absolute Gasteiger partial charge is 0.316 e. The molecule has 0 bridgehead atoms. The molecule has 0 heterocycles. The van der Waals surface area contributed by atoms with Crippen molar-refractivity contribution in [1.82, 2.24) is 0 Å². The number of ether oxygens (including phenoxy) is 1. The Morgan fingerprint density at radius 2 is 2.00 bits per heavy atom. The van der Waals surface area contributed by atoms with Gasteiger partial charge in [-0.3, -0.25) is 9.59 Å². The van der Waals surface area contributed by atoms with Gasteiger partial charge in [0.1, 0.15) is 11.7 Å². The van der Waals surface area contributed by atoms with Crippen LogP contribution in [0.15, 0.2) is 24.3 Å². The number of rotatable bonds is 6. The van der Waals surface area contributed by atoms with Crippen molar-refractivity contribution in [2.45, 2.75) is 27.2 Å². The lowest BCUT2D eigenvalue weighted by atomic mass is 9.88. The highest BCUT2D eigenvalue weighted by Gasteiger charge is 2.30. The Balaban J connectivity index is 2.80. The van der Waals surface area contributed by atoms with Gasteiger partial charge in [0.05, 0.1) is 6.61 Å². The van der Waals surface area contributed by atoms with Crippen molar-refractivity contribution in [1.29, 1.82) is 0 Å². The molecular weight excluding hydrogens is 247 g/mol. The van der Waals surface area contributed by atoms with E-state index in [2.05, 4.69) is 0 Å². The van der Waals surface area contributed by atoms with Crippen molar-refractivity contribution in [3.63, 3.8) is 0 Å². The first kappa shape index (κ1) is 15.3. The molecule has 0 amide bonds. The fraction of sp³-hybridized carbons (Fsp3) is 0.467. The summed E-state index contributed by atoms with van der Waals surface area (Å²) in [5.41, 5.74) is 0.569. The van der Waals surface area contributed by atoms with E-state index in [0.717, 1.165) is 0 Å². The van der Waals surface area contributed by atoms with Gasteiger partial charge in [-0.05, 0) is 30.5 Å². The molecular formula is C15H19FO3. The van der Waals surface area contributed by atoms with E-state index < -0.39 is 11.9 Å². The quantitative estimate of drug-likeness (QED) is 0.587. The highest BCUT2D eigenvalue weighted by molar-refractivity contribution is 6.00. The number of benzene rings is 1. The number of esters is 1. The zero-order chi connectivity index (χ0) is 14.4. The molecule has 0 aliphatic carbocycles. The van der Waals surface area contributed by atoms with Gasteiger partial charge >= 0.3 is 5.97 Å². The maximum absolute atomic E-state index is 13.1. The van der Waals surface area contributed by atoms with E-state index in [9.17, 15) is 14.0 Å². The van der Waals surface area contributed by atoms with E-state index in [1.165, 1.54) is 12.1 Å². The number of halogens is 1. The summed E-state index contributed by atoms with van der Waals surface area (Å²) in [6.45, 7) is 5.54. The molecule has 1 unspecified atom stereocenters. The zero-order valence-electron chi connectivity index (χ0n) is 11.5. The molecule has 1 rings (SSSR count). The molecule has 1 aromatic carbocycles. The van der Waals surface area contributed by atoms with Crippen LogP contribution < -0.4 is 0 Å². The Bertz CT molecular complexity index is 454. The minimum Gasteiger partial charge on any atom is -0.465 e. The monoisotopic (exact) mass is 266 g/mol. The van der Waals surface area contributed by atoms with Crippen LogP contribution in [-0.2, 0) is 20.7 Å². The number of ketones is 1. The SMILES string of the molecule is CCOC(=O)C(C(=O)Cc1cccc(F)c1)C(C)C. The van der Waals surface area contributed by atoms with E-state index in [0.29, 0.717) is 5.56 Å². The van der Waals surface area contributed by atoms with Crippen molar-refractivity contribution in [2.75, 3.05) is 6.61 Å². The Morgan fingerprint density at radius 3 is 2.53 bits per heavy atom. The van der Waals surface area contributed by atoms with Gasteiger partial charge in [0.2, 0.25) is 0 Å². The summed E-state index contributed by atoms with van der Waals surface area (Å²) in [4.78, 5) is 23.9. The van der Waals surface area contributed by atoms with Crippen LogP contribution in [0.25, 0.3) is 0 Å². The van der Waals surface area contributed by atoms with Crippen molar-refractivity contribution in [3.05, 3.63) is 35.6 Å². The summed E-state index contributed by atoms with van der Waals surface area (Å²) < 4.78 is 18.0. The first-order valence-corrected chi connectivity index (χ1v) is 6.39. The number of hydrogen-bond acceptors (Lipinski definition) is 3. The minimum atomic E-state index is -0.789. The molecule has 4 heteroatoms. The highest BCUT2D eigenvalue weighted by Crippen LogP contribution is 2.17. The van der Waals surface area contributed by atoms with Crippen LogP contribution in [0.4, 0.5) is 4.39 Å². The zero-order valence-corrected chi connectivity index (χ0v) is 11.5. The summed E-state index contributed by atoms with van der Waals surface area (Å²) in [5.74, 6) is -2.05. The van der Waals surface area contributed by atoms with Crippen molar-refractivity contribution < 1.29 is 18.7 Å². The second kappa shape index (κ2) is 7.02. The first-order chi connectivity index (χ1) is 8.95. The van der Waals surface area contributed by atoms with E-state index >= 15 is 0 Å². The van der Waals surface area contributed by atoms with Crippen LogP contribution in [-0.4, -0.2) is 18.4 Å². The van der Waals surface area contributed by atoms with Gasteiger partial charge in [0.25, 0.3) is 0 Å². The molecule has 0 saturated heterocycles. The molecule has 3 nitrogen and oxygen atoms in total. The summed E-state index contributed by atoms with van der Waals surface area (Å²) in [6, 6.07) is 5.84. The molecule has 0 fully saturated rings. The molecule has 0 N–H and O–H groups in total. The normalized spacial score (nSPS) is 12.3. The third kappa shape index (κ3) is 4.47. The van der Waals surface area contributed by atoms with Crippen LogP contribution in [0, 0.1) is 17.7 Å². The Kier molecular flexibility index (Phi) is 5.67. The van der Waals surface area contributed by atoms with Gasteiger partial charge in [-0.15, -0.1) is 0 Å². The van der Waals surface area contributed by atoms with Crippen LogP contribution in [0.5, 0.6) is 0 Å². The van der Waals surface area contributed by atoms with Crippen molar-refractivity contribution in [2.24, 2.45) is 11.8 Å². The van der Waals surface area contributed by atoms with Crippen LogP contribution in [0.2, 0.25) is 0 Å². The molecule has 0 saturated carbocycles. The van der Waals surface area contributed by atoms with E-state index in [1.807, 2.05) is 0 Å².